The highest BCUT2D eigenvalue weighted by atomic mass is 32.1. The maximum Gasteiger partial charge on any atom is 0.311 e. The van der Waals surface area contributed by atoms with Gasteiger partial charge in [-0.1, -0.05) is 42.0 Å². The summed E-state index contributed by atoms with van der Waals surface area (Å²) in [6.07, 6.45) is 3.05. The number of ether oxygens (including phenoxy) is 1. The second kappa shape index (κ2) is 12.9. The van der Waals surface area contributed by atoms with Gasteiger partial charge in [-0.2, -0.15) is 0 Å². The minimum Gasteiger partial charge on any atom is -0.466 e. The van der Waals surface area contributed by atoms with Crippen molar-refractivity contribution in [1.29, 1.82) is 0 Å². The van der Waals surface area contributed by atoms with Gasteiger partial charge in [0, 0.05) is 49.5 Å². The molecule has 4 heterocycles. The number of carbonyl (C=O) groups is 3. The third-order valence-corrected chi connectivity index (χ3v) is 8.59. The van der Waals surface area contributed by atoms with Crippen molar-refractivity contribution in [3.8, 4) is 11.3 Å². The molecule has 0 unspecified atom stereocenters. The Bertz CT molecular complexity index is 1860. The van der Waals surface area contributed by atoms with Crippen LogP contribution in [0.5, 0.6) is 0 Å². The largest absolute Gasteiger partial charge is 0.466 e. The SMILES string of the molecule is CCOC(=O)Cc1csc(NC(=O)c2cnc(N3CCN(C(=O)c4c(-c5ccccc5)n(C)c5ccc(C)cc45)CC3)cn2)n1. The normalized spacial score (nSPS) is 13.2. The summed E-state index contributed by atoms with van der Waals surface area (Å²) in [5.41, 5.74) is 5.44. The van der Waals surface area contributed by atoms with E-state index in [0.717, 1.165) is 33.3 Å². The number of aromatic nitrogens is 4. The molecule has 45 heavy (non-hydrogen) atoms. The topological polar surface area (TPSA) is 123 Å². The first kappa shape index (κ1) is 29.9. The number of piperazine rings is 1. The van der Waals surface area contributed by atoms with Gasteiger partial charge in [0.1, 0.15) is 11.5 Å². The van der Waals surface area contributed by atoms with Gasteiger partial charge >= 0.3 is 5.97 Å². The van der Waals surface area contributed by atoms with Gasteiger partial charge in [-0.05, 0) is 31.5 Å². The van der Waals surface area contributed by atoms with Gasteiger partial charge in [0.25, 0.3) is 11.8 Å². The molecule has 2 amide bonds. The Kier molecular flexibility index (Phi) is 8.56. The van der Waals surface area contributed by atoms with Crippen LogP contribution in [-0.4, -0.2) is 75.0 Å². The minimum absolute atomic E-state index is 0.00964. The van der Waals surface area contributed by atoms with Crippen molar-refractivity contribution >= 4 is 51.0 Å². The van der Waals surface area contributed by atoms with Crippen LogP contribution in [0.15, 0.2) is 66.3 Å². The third-order valence-electron chi connectivity index (χ3n) is 7.78. The van der Waals surface area contributed by atoms with Crippen LogP contribution >= 0.6 is 11.3 Å². The lowest BCUT2D eigenvalue weighted by atomic mass is 10.0. The molecule has 230 valence electrons. The summed E-state index contributed by atoms with van der Waals surface area (Å²) < 4.78 is 7.05. The summed E-state index contributed by atoms with van der Waals surface area (Å²) in [6.45, 7) is 6.30. The maximum atomic E-state index is 14.1. The fraction of sp³-hybridized carbons (Fsp3) is 0.273. The van der Waals surface area contributed by atoms with E-state index >= 15 is 0 Å². The van der Waals surface area contributed by atoms with Crippen LogP contribution in [0.2, 0.25) is 0 Å². The summed E-state index contributed by atoms with van der Waals surface area (Å²) in [5.74, 6) is -0.167. The van der Waals surface area contributed by atoms with Crippen molar-refractivity contribution in [2.45, 2.75) is 20.3 Å². The highest BCUT2D eigenvalue weighted by Crippen LogP contribution is 2.35. The van der Waals surface area contributed by atoms with Crippen LogP contribution in [0.25, 0.3) is 22.2 Å². The summed E-state index contributed by atoms with van der Waals surface area (Å²) in [7, 11) is 2.01. The van der Waals surface area contributed by atoms with E-state index in [2.05, 4.69) is 47.9 Å². The first-order chi connectivity index (χ1) is 21.8. The van der Waals surface area contributed by atoms with Gasteiger partial charge in [-0.25, -0.2) is 15.0 Å². The molecule has 3 aromatic heterocycles. The van der Waals surface area contributed by atoms with Crippen molar-refractivity contribution in [3.05, 3.63) is 88.8 Å². The summed E-state index contributed by atoms with van der Waals surface area (Å²) >= 11 is 1.22. The maximum absolute atomic E-state index is 14.1. The molecule has 0 atom stereocenters. The molecule has 1 fully saturated rings. The molecule has 1 aliphatic rings. The number of carbonyl (C=O) groups excluding carboxylic acids is 3. The molecule has 12 heteroatoms. The summed E-state index contributed by atoms with van der Waals surface area (Å²) in [6, 6.07) is 16.3. The number of amides is 2. The molecular formula is C33H33N7O4S. The number of anilines is 2. The number of fused-ring (bicyclic) bond motifs is 1. The molecule has 0 bridgehead atoms. The molecule has 0 saturated carbocycles. The van der Waals surface area contributed by atoms with Crippen molar-refractivity contribution in [3.63, 3.8) is 0 Å². The van der Waals surface area contributed by atoms with E-state index in [4.69, 9.17) is 4.74 Å². The molecule has 6 rings (SSSR count). The van der Waals surface area contributed by atoms with Gasteiger partial charge in [-0.15, -0.1) is 11.3 Å². The van der Waals surface area contributed by atoms with Crippen LogP contribution in [0.4, 0.5) is 10.9 Å². The highest BCUT2D eigenvalue weighted by molar-refractivity contribution is 7.14. The summed E-state index contributed by atoms with van der Waals surface area (Å²) in [4.78, 5) is 55.6. The second-order valence-corrected chi connectivity index (χ2v) is 11.6. The fourth-order valence-corrected chi connectivity index (χ4v) is 6.28. The number of nitrogens with zero attached hydrogens (tertiary/aromatic N) is 6. The average molecular weight is 624 g/mol. The van der Waals surface area contributed by atoms with E-state index in [-0.39, 0.29) is 24.0 Å². The third kappa shape index (κ3) is 6.27. The van der Waals surface area contributed by atoms with E-state index in [0.29, 0.717) is 49.4 Å². The minimum atomic E-state index is -0.443. The number of nitrogens with one attached hydrogen (secondary N) is 1. The van der Waals surface area contributed by atoms with Crippen LogP contribution in [-0.2, 0) is 23.0 Å². The van der Waals surface area contributed by atoms with Gasteiger partial charge in [0.05, 0.1) is 42.4 Å². The standard InChI is InChI=1S/C33H33N7O4S/c1-4-44-28(41)17-23-20-45-33(36-23)37-31(42)25-18-35-27(19-34-25)39-12-14-40(15-13-39)32(43)29-24-16-21(2)10-11-26(24)38(3)30(29)22-8-6-5-7-9-22/h5-11,16,18-20H,4,12-15,17H2,1-3H3,(H,36,37,42). The molecule has 1 saturated heterocycles. The van der Waals surface area contributed by atoms with Crippen molar-refractivity contribution in [2.24, 2.45) is 7.05 Å². The van der Waals surface area contributed by atoms with E-state index in [1.807, 2.05) is 49.2 Å². The summed E-state index contributed by atoms with van der Waals surface area (Å²) in [5, 5.41) is 5.73. The van der Waals surface area contributed by atoms with E-state index in [1.165, 1.54) is 17.5 Å². The van der Waals surface area contributed by atoms with Crippen molar-refractivity contribution in [2.75, 3.05) is 43.0 Å². The Labute approximate surface area is 264 Å². The Morgan fingerprint density at radius 1 is 1.00 bits per heavy atom. The molecule has 0 aliphatic carbocycles. The van der Waals surface area contributed by atoms with Gasteiger partial charge in [-0.3, -0.25) is 19.7 Å². The lowest BCUT2D eigenvalue weighted by Gasteiger charge is -2.35. The number of hydrogen-bond acceptors (Lipinski definition) is 9. The average Bonchev–Trinajstić information content (AvgIpc) is 3.61. The number of benzene rings is 2. The zero-order valence-corrected chi connectivity index (χ0v) is 26.1. The lowest BCUT2D eigenvalue weighted by Crippen LogP contribution is -2.49. The van der Waals surface area contributed by atoms with Gasteiger partial charge < -0.3 is 19.1 Å². The first-order valence-corrected chi connectivity index (χ1v) is 15.6. The molecular weight excluding hydrogens is 590 g/mol. The van der Waals surface area contributed by atoms with E-state index < -0.39 is 5.91 Å². The number of rotatable bonds is 8. The molecule has 0 spiro atoms. The van der Waals surface area contributed by atoms with E-state index in [1.54, 1.807) is 18.5 Å². The van der Waals surface area contributed by atoms with Crippen molar-refractivity contribution in [1.82, 2.24) is 24.4 Å². The van der Waals surface area contributed by atoms with Crippen molar-refractivity contribution < 1.29 is 19.1 Å². The molecule has 1 aliphatic heterocycles. The van der Waals surface area contributed by atoms with E-state index in [9.17, 15) is 14.4 Å². The highest BCUT2D eigenvalue weighted by Gasteiger charge is 2.29. The van der Waals surface area contributed by atoms with Crippen LogP contribution in [0.3, 0.4) is 0 Å². The molecule has 2 aromatic carbocycles. The van der Waals surface area contributed by atoms with Gasteiger partial charge in [0.2, 0.25) is 0 Å². The van der Waals surface area contributed by atoms with Crippen LogP contribution in [0.1, 0.15) is 39.0 Å². The Morgan fingerprint density at radius 3 is 2.49 bits per heavy atom. The van der Waals surface area contributed by atoms with Gasteiger partial charge in [0.15, 0.2) is 5.13 Å². The Morgan fingerprint density at radius 2 is 1.78 bits per heavy atom. The molecule has 0 radical (unpaired) electrons. The predicted molar refractivity (Wildman–Crippen MR) is 174 cm³/mol. The predicted octanol–water partition coefficient (Wildman–Crippen LogP) is 4.72. The Balaban J connectivity index is 1.12. The lowest BCUT2D eigenvalue weighted by molar-refractivity contribution is -0.142. The molecule has 11 nitrogen and oxygen atoms in total. The number of aryl methyl sites for hydroxylation is 2. The zero-order chi connectivity index (χ0) is 31.5. The quantitative estimate of drug-likeness (QED) is 0.247. The zero-order valence-electron chi connectivity index (χ0n) is 25.3. The van der Waals surface area contributed by atoms with Crippen LogP contribution in [0, 0.1) is 6.92 Å². The molecule has 1 N–H and O–H groups in total. The molecule has 5 aromatic rings. The number of thiazole rings is 1. The fourth-order valence-electron chi connectivity index (χ4n) is 5.57. The Hall–Kier alpha value is -5.10. The number of hydrogen-bond donors (Lipinski definition) is 1. The first-order valence-electron chi connectivity index (χ1n) is 14.7. The van der Waals surface area contributed by atoms with Crippen LogP contribution < -0.4 is 10.2 Å². The smallest absolute Gasteiger partial charge is 0.311 e. The monoisotopic (exact) mass is 623 g/mol. The second-order valence-electron chi connectivity index (χ2n) is 10.8. The number of esters is 1.